The molecule has 0 aliphatic heterocycles. The number of amides is 1. The first-order valence-corrected chi connectivity index (χ1v) is 9.75. The van der Waals surface area contributed by atoms with Crippen LogP contribution in [0.25, 0.3) is 0 Å². The summed E-state index contributed by atoms with van der Waals surface area (Å²) >= 11 is 0. The van der Waals surface area contributed by atoms with Crippen molar-refractivity contribution in [2.24, 2.45) is 5.10 Å². The monoisotopic (exact) mass is 394 g/mol. The molecule has 0 spiro atoms. The summed E-state index contributed by atoms with van der Waals surface area (Å²) in [5, 5.41) is 5.90. The Bertz CT molecular complexity index is 925. The third-order valence-corrected chi connectivity index (χ3v) is 4.84. The highest BCUT2D eigenvalue weighted by atomic mass is 16.5. The van der Waals surface area contributed by atoms with E-state index in [1.165, 1.54) is 5.01 Å². The van der Waals surface area contributed by atoms with Gasteiger partial charge in [0.05, 0.1) is 12.8 Å². The van der Waals surface area contributed by atoms with E-state index in [1.807, 2.05) is 64.1 Å². The fraction of sp³-hybridized carbons (Fsp3) is 0.375. The molecule has 154 valence electrons. The maximum Gasteiger partial charge on any atom is 0.274 e. The molecule has 0 fully saturated rings. The van der Waals surface area contributed by atoms with Gasteiger partial charge in [-0.2, -0.15) is 5.10 Å². The number of carbonyl (C=O) groups is 2. The van der Waals surface area contributed by atoms with Crippen LogP contribution in [0.1, 0.15) is 60.3 Å². The van der Waals surface area contributed by atoms with Crippen molar-refractivity contribution in [1.29, 1.82) is 0 Å². The van der Waals surface area contributed by atoms with Gasteiger partial charge in [0.2, 0.25) is 0 Å². The van der Waals surface area contributed by atoms with Crippen LogP contribution in [0.4, 0.5) is 0 Å². The van der Waals surface area contributed by atoms with Crippen LogP contribution >= 0.6 is 0 Å². The summed E-state index contributed by atoms with van der Waals surface area (Å²) < 4.78 is 5.47. The van der Waals surface area contributed by atoms with Crippen LogP contribution in [0, 0.1) is 13.8 Å². The highest BCUT2D eigenvalue weighted by Crippen LogP contribution is 2.25. The zero-order valence-electron chi connectivity index (χ0n) is 18.4. The third kappa shape index (κ3) is 4.91. The van der Waals surface area contributed by atoms with E-state index in [4.69, 9.17) is 4.74 Å². The van der Waals surface area contributed by atoms with Gasteiger partial charge in [0, 0.05) is 16.7 Å². The van der Waals surface area contributed by atoms with Crippen LogP contribution in [0.15, 0.2) is 41.5 Å². The number of carbonyl (C=O) groups excluding carboxylic acids is 2. The lowest BCUT2D eigenvalue weighted by Crippen LogP contribution is -2.46. The number of ether oxygens (including phenoxy) is 1. The van der Waals surface area contributed by atoms with Gasteiger partial charge in [-0.15, -0.1) is 0 Å². The average Bonchev–Trinajstić information content (AvgIpc) is 2.69. The molecule has 0 N–H and O–H groups in total. The maximum atomic E-state index is 13.3. The largest absolute Gasteiger partial charge is 0.496 e. The van der Waals surface area contributed by atoms with Crippen LogP contribution in [0.3, 0.4) is 0 Å². The molecule has 0 bridgehead atoms. The van der Waals surface area contributed by atoms with Crippen molar-refractivity contribution >= 4 is 17.9 Å². The van der Waals surface area contributed by atoms with Crippen molar-refractivity contribution < 1.29 is 14.3 Å². The van der Waals surface area contributed by atoms with E-state index in [-0.39, 0.29) is 5.91 Å². The minimum Gasteiger partial charge on any atom is -0.496 e. The van der Waals surface area contributed by atoms with Crippen molar-refractivity contribution in [3.05, 3.63) is 64.2 Å². The van der Waals surface area contributed by atoms with E-state index in [2.05, 4.69) is 5.10 Å². The Labute approximate surface area is 173 Å². The molecule has 1 amide bonds. The van der Waals surface area contributed by atoms with Crippen LogP contribution < -0.4 is 4.74 Å². The Balaban J connectivity index is 2.60. The standard InChI is InChI=1S/C24H30N2O3/c1-8-20-21(10-9-11-22(20)29-7)18(4)25-26(24(5,6)15-27)23(28)19-13-16(2)12-17(3)14-19/h9-15H,8H2,1-7H3. The number of rotatable bonds is 7. The van der Waals surface area contributed by atoms with E-state index >= 15 is 0 Å². The van der Waals surface area contributed by atoms with Gasteiger partial charge in [-0.25, -0.2) is 5.01 Å². The molecule has 0 aliphatic rings. The highest BCUT2D eigenvalue weighted by molar-refractivity contribution is 6.03. The first kappa shape index (κ1) is 22.3. The zero-order valence-corrected chi connectivity index (χ0v) is 18.4. The SMILES string of the molecule is CCc1c(OC)cccc1C(C)=NN(C(=O)c1cc(C)cc(C)c1)C(C)(C)C=O. The molecule has 0 saturated carbocycles. The molecule has 0 aliphatic carbocycles. The van der Waals surface area contributed by atoms with Crippen LogP contribution in [-0.4, -0.2) is 35.6 Å². The van der Waals surface area contributed by atoms with Crippen LogP contribution in [-0.2, 0) is 11.2 Å². The lowest BCUT2D eigenvalue weighted by molar-refractivity contribution is -0.115. The minimum atomic E-state index is -1.10. The van der Waals surface area contributed by atoms with E-state index in [9.17, 15) is 9.59 Å². The van der Waals surface area contributed by atoms with E-state index in [1.54, 1.807) is 21.0 Å². The maximum absolute atomic E-state index is 13.3. The second kappa shape index (κ2) is 9.03. The van der Waals surface area contributed by atoms with Crippen molar-refractivity contribution in [2.45, 2.75) is 53.5 Å². The summed E-state index contributed by atoms with van der Waals surface area (Å²) in [6.07, 6.45) is 1.50. The Morgan fingerprint density at radius 2 is 1.79 bits per heavy atom. The van der Waals surface area contributed by atoms with Crippen LogP contribution in [0.5, 0.6) is 5.75 Å². The molecular weight excluding hydrogens is 364 g/mol. The van der Waals surface area contributed by atoms with E-state index < -0.39 is 5.54 Å². The molecule has 0 saturated heterocycles. The van der Waals surface area contributed by atoms with Gasteiger partial charge in [-0.05, 0) is 59.2 Å². The number of hydrazone groups is 1. The number of methoxy groups -OCH3 is 1. The Hall–Kier alpha value is -2.95. The van der Waals surface area contributed by atoms with E-state index in [0.717, 1.165) is 40.7 Å². The van der Waals surface area contributed by atoms with Gasteiger partial charge >= 0.3 is 0 Å². The Morgan fingerprint density at radius 3 is 2.31 bits per heavy atom. The average molecular weight is 395 g/mol. The number of aldehydes is 1. The Kier molecular flexibility index (Phi) is 6.96. The fourth-order valence-electron chi connectivity index (χ4n) is 3.37. The van der Waals surface area contributed by atoms with Crippen molar-refractivity contribution in [3.63, 3.8) is 0 Å². The predicted octanol–water partition coefficient (Wildman–Crippen LogP) is 4.72. The summed E-state index contributed by atoms with van der Waals surface area (Å²) in [4.78, 5) is 25.1. The second-order valence-electron chi connectivity index (χ2n) is 7.79. The molecule has 2 aromatic rings. The molecule has 0 heterocycles. The molecule has 5 nitrogen and oxygen atoms in total. The quantitative estimate of drug-likeness (QED) is 0.388. The van der Waals surface area contributed by atoms with Crippen molar-refractivity contribution in [1.82, 2.24) is 5.01 Å². The zero-order chi connectivity index (χ0) is 21.8. The van der Waals surface area contributed by atoms with Crippen LogP contribution in [0.2, 0.25) is 0 Å². The number of benzene rings is 2. The molecule has 0 radical (unpaired) electrons. The fourth-order valence-corrected chi connectivity index (χ4v) is 3.37. The molecule has 29 heavy (non-hydrogen) atoms. The smallest absolute Gasteiger partial charge is 0.274 e. The second-order valence-corrected chi connectivity index (χ2v) is 7.79. The summed E-state index contributed by atoms with van der Waals surface area (Å²) in [5.41, 5.74) is 3.94. The third-order valence-electron chi connectivity index (χ3n) is 4.84. The summed E-state index contributed by atoms with van der Waals surface area (Å²) in [5.74, 6) is 0.468. The van der Waals surface area contributed by atoms with Gasteiger partial charge in [0.15, 0.2) is 0 Å². The summed E-state index contributed by atoms with van der Waals surface area (Å²) in [6.45, 7) is 11.1. The summed E-state index contributed by atoms with van der Waals surface area (Å²) in [6, 6.07) is 11.4. The first-order valence-electron chi connectivity index (χ1n) is 9.75. The first-order chi connectivity index (χ1) is 13.6. The topological polar surface area (TPSA) is 59.0 Å². The lowest BCUT2D eigenvalue weighted by Gasteiger charge is -2.30. The van der Waals surface area contributed by atoms with Gasteiger partial charge in [0.25, 0.3) is 5.91 Å². The van der Waals surface area contributed by atoms with Gasteiger partial charge in [0.1, 0.15) is 17.6 Å². The normalized spacial score (nSPS) is 11.9. The number of nitrogens with zero attached hydrogens (tertiary/aromatic N) is 2. The number of aryl methyl sites for hydroxylation is 2. The molecule has 0 unspecified atom stereocenters. The van der Waals surface area contributed by atoms with Crippen molar-refractivity contribution in [3.8, 4) is 5.75 Å². The lowest BCUT2D eigenvalue weighted by atomic mass is 10.0. The Morgan fingerprint density at radius 1 is 1.17 bits per heavy atom. The molecule has 2 rings (SSSR count). The number of hydrogen-bond donors (Lipinski definition) is 0. The molecule has 2 aromatic carbocycles. The molecule has 0 aromatic heterocycles. The van der Waals surface area contributed by atoms with Gasteiger partial charge in [-0.1, -0.05) is 36.2 Å². The van der Waals surface area contributed by atoms with Gasteiger partial charge in [-0.3, -0.25) is 4.79 Å². The van der Waals surface area contributed by atoms with Crippen molar-refractivity contribution in [2.75, 3.05) is 7.11 Å². The van der Waals surface area contributed by atoms with Gasteiger partial charge < -0.3 is 9.53 Å². The predicted molar refractivity (Wildman–Crippen MR) is 117 cm³/mol. The molecular formula is C24H30N2O3. The molecule has 5 heteroatoms. The number of hydrogen-bond acceptors (Lipinski definition) is 4. The highest BCUT2D eigenvalue weighted by Gasteiger charge is 2.32. The molecule has 0 atom stereocenters. The minimum absolute atomic E-state index is 0.311. The van der Waals surface area contributed by atoms with E-state index in [0.29, 0.717) is 11.3 Å². The summed E-state index contributed by atoms with van der Waals surface area (Å²) in [7, 11) is 1.64.